The molecule has 130 valence electrons. The second-order valence-electron chi connectivity index (χ2n) is 4.83. The standard InChI is InChI=1S/C14H10ClN3O6S/c15-12-6-14-13(23-8-24-14)5-9(12)7-16-17-25(21,22)11-3-1-10(2-4-11)18(19)20/h1-7,17H,8H2/b16-7+. The zero-order valence-corrected chi connectivity index (χ0v) is 14.0. The van der Waals surface area contributed by atoms with Crippen LogP contribution in [0, 0.1) is 10.1 Å². The van der Waals surface area contributed by atoms with Gasteiger partial charge in [-0.25, -0.2) is 4.83 Å². The lowest BCUT2D eigenvalue weighted by Gasteiger charge is -2.04. The maximum absolute atomic E-state index is 12.1. The van der Waals surface area contributed by atoms with Crippen LogP contribution in [-0.2, 0) is 10.0 Å². The average Bonchev–Trinajstić information content (AvgIpc) is 3.02. The summed E-state index contributed by atoms with van der Waals surface area (Å²) in [4.78, 5) is 11.8. The van der Waals surface area contributed by atoms with Crippen molar-refractivity contribution in [2.75, 3.05) is 6.79 Å². The van der Waals surface area contributed by atoms with Gasteiger partial charge in [-0.3, -0.25) is 10.1 Å². The van der Waals surface area contributed by atoms with Crippen LogP contribution in [0.15, 0.2) is 46.4 Å². The molecule has 3 rings (SSSR count). The largest absolute Gasteiger partial charge is 0.454 e. The fourth-order valence-electron chi connectivity index (χ4n) is 2.00. The van der Waals surface area contributed by atoms with E-state index >= 15 is 0 Å². The average molecular weight is 384 g/mol. The van der Waals surface area contributed by atoms with E-state index in [4.69, 9.17) is 21.1 Å². The summed E-state index contributed by atoms with van der Waals surface area (Å²) in [6.07, 6.45) is 1.22. The van der Waals surface area contributed by atoms with Crippen molar-refractivity contribution in [2.24, 2.45) is 5.10 Å². The van der Waals surface area contributed by atoms with Gasteiger partial charge in [-0.05, 0) is 18.2 Å². The van der Waals surface area contributed by atoms with Gasteiger partial charge in [0.1, 0.15) is 0 Å². The van der Waals surface area contributed by atoms with E-state index < -0.39 is 14.9 Å². The molecule has 0 saturated carbocycles. The summed E-state index contributed by atoms with van der Waals surface area (Å²) in [6.45, 7) is 0.0824. The maximum Gasteiger partial charge on any atom is 0.276 e. The van der Waals surface area contributed by atoms with Gasteiger partial charge in [-0.1, -0.05) is 11.6 Å². The van der Waals surface area contributed by atoms with Crippen LogP contribution in [0.1, 0.15) is 5.56 Å². The van der Waals surface area contributed by atoms with Gasteiger partial charge in [-0.2, -0.15) is 13.5 Å². The number of sulfonamides is 1. The molecule has 0 aliphatic carbocycles. The predicted octanol–water partition coefficient (Wildman–Crippen LogP) is 2.29. The zero-order chi connectivity index (χ0) is 18.0. The normalized spacial score (nSPS) is 13.2. The highest BCUT2D eigenvalue weighted by atomic mass is 35.5. The molecule has 0 spiro atoms. The maximum atomic E-state index is 12.1. The third-order valence-corrected chi connectivity index (χ3v) is 4.79. The highest BCUT2D eigenvalue weighted by Crippen LogP contribution is 2.36. The predicted molar refractivity (Wildman–Crippen MR) is 88.6 cm³/mol. The van der Waals surface area contributed by atoms with Crippen LogP contribution >= 0.6 is 11.6 Å². The Hall–Kier alpha value is -2.85. The fourth-order valence-corrected chi connectivity index (χ4v) is 2.99. The van der Waals surface area contributed by atoms with Crippen molar-refractivity contribution in [3.63, 3.8) is 0 Å². The van der Waals surface area contributed by atoms with Crippen LogP contribution < -0.4 is 14.3 Å². The second kappa shape index (κ2) is 6.57. The van der Waals surface area contributed by atoms with Gasteiger partial charge in [0.05, 0.1) is 21.1 Å². The summed E-state index contributed by atoms with van der Waals surface area (Å²) in [5, 5.41) is 14.6. The third kappa shape index (κ3) is 3.64. The van der Waals surface area contributed by atoms with Crippen LogP contribution in [0.2, 0.25) is 5.02 Å². The minimum Gasteiger partial charge on any atom is -0.454 e. The van der Waals surface area contributed by atoms with Crippen LogP contribution in [-0.4, -0.2) is 26.3 Å². The number of ether oxygens (including phenoxy) is 2. The van der Waals surface area contributed by atoms with E-state index in [1.54, 1.807) is 6.07 Å². The molecule has 0 amide bonds. The van der Waals surface area contributed by atoms with Crippen LogP contribution in [0.5, 0.6) is 11.5 Å². The third-order valence-electron chi connectivity index (χ3n) is 3.23. The molecule has 11 heteroatoms. The minimum atomic E-state index is -3.97. The van der Waals surface area contributed by atoms with Gasteiger partial charge in [0.2, 0.25) is 6.79 Å². The Morgan fingerprint density at radius 1 is 1.20 bits per heavy atom. The number of nitrogens with zero attached hydrogens (tertiary/aromatic N) is 2. The fraction of sp³-hybridized carbons (Fsp3) is 0.0714. The molecular weight excluding hydrogens is 374 g/mol. The summed E-state index contributed by atoms with van der Waals surface area (Å²) in [5.74, 6) is 0.970. The summed E-state index contributed by atoms with van der Waals surface area (Å²) < 4.78 is 34.6. The number of benzene rings is 2. The SMILES string of the molecule is O=[N+]([O-])c1ccc(S(=O)(=O)N/N=C/c2cc3c(cc2Cl)OCO3)cc1. The van der Waals surface area contributed by atoms with Crippen molar-refractivity contribution in [1.82, 2.24) is 4.83 Å². The van der Waals surface area contributed by atoms with Crippen LogP contribution in [0.3, 0.4) is 0 Å². The Bertz CT molecular complexity index is 959. The molecule has 1 aliphatic heterocycles. The number of hydrogen-bond donors (Lipinski definition) is 1. The van der Waals surface area contributed by atoms with Crippen molar-refractivity contribution >= 4 is 33.5 Å². The van der Waals surface area contributed by atoms with Crippen molar-refractivity contribution < 1.29 is 22.8 Å². The molecule has 0 unspecified atom stereocenters. The van der Waals surface area contributed by atoms with Gasteiger partial charge < -0.3 is 9.47 Å². The molecule has 1 aliphatic rings. The van der Waals surface area contributed by atoms with E-state index in [1.807, 2.05) is 4.83 Å². The molecule has 2 aromatic carbocycles. The molecule has 1 heterocycles. The van der Waals surface area contributed by atoms with Crippen LogP contribution in [0.25, 0.3) is 0 Å². The first-order chi connectivity index (χ1) is 11.9. The zero-order valence-electron chi connectivity index (χ0n) is 12.4. The molecular formula is C14H10ClN3O6S. The molecule has 0 radical (unpaired) electrons. The molecule has 0 saturated heterocycles. The number of hydrogen-bond acceptors (Lipinski definition) is 7. The number of nitrogens with one attached hydrogen (secondary N) is 1. The van der Waals surface area contributed by atoms with Crippen molar-refractivity contribution in [3.05, 3.63) is 57.1 Å². The Kier molecular flexibility index (Phi) is 4.47. The molecule has 0 bridgehead atoms. The summed E-state index contributed by atoms with van der Waals surface area (Å²) in [6, 6.07) is 7.51. The number of hydrazone groups is 1. The topological polar surface area (TPSA) is 120 Å². The highest BCUT2D eigenvalue weighted by Gasteiger charge is 2.17. The lowest BCUT2D eigenvalue weighted by atomic mass is 10.2. The van der Waals surface area contributed by atoms with E-state index in [2.05, 4.69) is 5.10 Å². The number of nitro groups is 1. The highest BCUT2D eigenvalue weighted by molar-refractivity contribution is 7.89. The summed E-state index contributed by atoms with van der Waals surface area (Å²) in [5.41, 5.74) is 0.215. The minimum absolute atomic E-state index is 0.0824. The second-order valence-corrected chi connectivity index (χ2v) is 6.90. The van der Waals surface area contributed by atoms with Crippen molar-refractivity contribution in [2.45, 2.75) is 4.90 Å². The molecule has 9 nitrogen and oxygen atoms in total. The lowest BCUT2D eigenvalue weighted by Crippen LogP contribution is -2.18. The van der Waals surface area contributed by atoms with E-state index in [9.17, 15) is 18.5 Å². The van der Waals surface area contributed by atoms with Crippen molar-refractivity contribution in [3.8, 4) is 11.5 Å². The molecule has 0 fully saturated rings. The smallest absolute Gasteiger partial charge is 0.276 e. The Balaban J connectivity index is 1.76. The van der Waals surface area contributed by atoms with Gasteiger partial charge >= 0.3 is 0 Å². The molecule has 0 aromatic heterocycles. The quantitative estimate of drug-likeness (QED) is 0.480. The molecule has 1 N–H and O–H groups in total. The van der Waals surface area contributed by atoms with Crippen LogP contribution in [0.4, 0.5) is 5.69 Å². The number of non-ortho nitro benzene ring substituents is 1. The van der Waals surface area contributed by atoms with Gasteiger partial charge in [0.15, 0.2) is 11.5 Å². The Morgan fingerprint density at radius 3 is 2.48 bits per heavy atom. The Morgan fingerprint density at radius 2 is 1.84 bits per heavy atom. The lowest BCUT2D eigenvalue weighted by molar-refractivity contribution is -0.384. The van der Waals surface area contributed by atoms with E-state index in [-0.39, 0.29) is 17.4 Å². The first kappa shape index (κ1) is 17.0. The number of nitro benzene ring substituents is 1. The monoisotopic (exact) mass is 383 g/mol. The van der Waals surface area contributed by atoms with E-state index in [0.717, 1.165) is 24.3 Å². The summed E-state index contributed by atoms with van der Waals surface area (Å²) >= 11 is 6.05. The van der Waals surface area contributed by atoms with Gasteiger partial charge in [0, 0.05) is 23.8 Å². The van der Waals surface area contributed by atoms with E-state index in [0.29, 0.717) is 22.1 Å². The van der Waals surface area contributed by atoms with Gasteiger partial charge in [-0.15, -0.1) is 0 Å². The first-order valence-corrected chi connectivity index (χ1v) is 8.61. The Labute approximate surface area is 147 Å². The van der Waals surface area contributed by atoms with E-state index in [1.165, 1.54) is 12.3 Å². The first-order valence-electron chi connectivity index (χ1n) is 6.75. The van der Waals surface area contributed by atoms with Crippen molar-refractivity contribution in [1.29, 1.82) is 0 Å². The molecule has 2 aromatic rings. The number of rotatable bonds is 5. The van der Waals surface area contributed by atoms with Gasteiger partial charge in [0.25, 0.3) is 15.7 Å². The number of halogens is 1. The molecule has 0 atom stereocenters. The molecule has 25 heavy (non-hydrogen) atoms. The summed E-state index contributed by atoms with van der Waals surface area (Å²) in [7, 11) is -3.97. The number of fused-ring (bicyclic) bond motifs is 1.